The smallest absolute Gasteiger partial charge is 0.0628 e. The molecular weight excluding hydrogens is 214 g/mol. The van der Waals surface area contributed by atoms with Gasteiger partial charge in [0.1, 0.15) is 0 Å². The molecule has 17 heavy (non-hydrogen) atoms. The summed E-state index contributed by atoms with van der Waals surface area (Å²) >= 11 is 0. The Labute approximate surface area is 104 Å². The zero-order chi connectivity index (χ0) is 13.2. The van der Waals surface area contributed by atoms with E-state index in [2.05, 4.69) is 38.1 Å². The second-order valence-corrected chi connectivity index (χ2v) is 5.47. The Morgan fingerprint density at radius 1 is 1.35 bits per heavy atom. The lowest BCUT2D eigenvalue weighted by Gasteiger charge is -2.31. The number of aliphatic hydroxyl groups excluding tert-OH is 1. The third-order valence-electron chi connectivity index (χ3n) is 3.23. The molecule has 1 atom stereocenters. The van der Waals surface area contributed by atoms with Crippen molar-refractivity contribution in [2.45, 2.75) is 59.7 Å². The number of nitrogens with one attached hydrogen (secondary N) is 1. The summed E-state index contributed by atoms with van der Waals surface area (Å²) in [6.45, 7) is 13.2. The van der Waals surface area contributed by atoms with E-state index in [0.717, 1.165) is 5.69 Å². The molecular formula is C13H25N3O. The van der Waals surface area contributed by atoms with Gasteiger partial charge in [0.15, 0.2) is 0 Å². The van der Waals surface area contributed by atoms with Crippen LogP contribution in [0.25, 0.3) is 0 Å². The second kappa shape index (κ2) is 5.19. The van der Waals surface area contributed by atoms with Crippen LogP contribution in [0.5, 0.6) is 0 Å². The van der Waals surface area contributed by atoms with Gasteiger partial charge in [0.25, 0.3) is 0 Å². The molecule has 1 rings (SSSR count). The van der Waals surface area contributed by atoms with Crippen LogP contribution in [0, 0.1) is 20.8 Å². The monoisotopic (exact) mass is 239 g/mol. The number of nitrogens with zero attached hydrogens (tertiary/aromatic N) is 2. The minimum atomic E-state index is -0.330. The third kappa shape index (κ3) is 3.30. The van der Waals surface area contributed by atoms with Crippen molar-refractivity contribution in [3.05, 3.63) is 17.0 Å². The molecule has 0 aliphatic rings. The molecule has 0 fully saturated rings. The van der Waals surface area contributed by atoms with Crippen LogP contribution >= 0.6 is 0 Å². The Kier molecular flexibility index (Phi) is 4.33. The summed E-state index contributed by atoms with van der Waals surface area (Å²) in [5.74, 6) is 0. The molecule has 0 saturated carbocycles. The van der Waals surface area contributed by atoms with E-state index in [1.54, 1.807) is 0 Å². The van der Waals surface area contributed by atoms with Crippen LogP contribution in [0.3, 0.4) is 0 Å². The molecule has 0 spiro atoms. The molecule has 1 heterocycles. The van der Waals surface area contributed by atoms with E-state index in [-0.39, 0.29) is 12.1 Å². The number of hydrogen-bond donors (Lipinski definition) is 2. The quantitative estimate of drug-likeness (QED) is 0.820. The summed E-state index contributed by atoms with van der Waals surface area (Å²) in [6, 6.07) is 0.338. The molecule has 0 bridgehead atoms. The average molecular weight is 239 g/mol. The first kappa shape index (κ1) is 14.2. The van der Waals surface area contributed by atoms with Crippen LogP contribution in [0.4, 0.5) is 0 Å². The maximum Gasteiger partial charge on any atom is 0.0628 e. The van der Waals surface area contributed by atoms with Gasteiger partial charge in [0, 0.05) is 11.7 Å². The number of rotatable bonds is 5. The maximum absolute atomic E-state index is 9.56. The van der Waals surface area contributed by atoms with Gasteiger partial charge in [-0.1, -0.05) is 13.8 Å². The summed E-state index contributed by atoms with van der Waals surface area (Å²) in [5, 5.41) is 17.5. The van der Waals surface area contributed by atoms with E-state index in [1.807, 2.05) is 18.5 Å². The largest absolute Gasteiger partial charge is 0.394 e. The molecule has 0 radical (unpaired) electrons. The predicted molar refractivity (Wildman–Crippen MR) is 70.2 cm³/mol. The lowest BCUT2D eigenvalue weighted by atomic mass is 10.0. The molecule has 0 aliphatic carbocycles. The summed E-state index contributed by atoms with van der Waals surface area (Å²) < 4.78 is 1.98. The summed E-state index contributed by atoms with van der Waals surface area (Å²) in [6.07, 6.45) is 0. The van der Waals surface area contributed by atoms with Crippen molar-refractivity contribution >= 4 is 0 Å². The van der Waals surface area contributed by atoms with Crippen LogP contribution < -0.4 is 5.32 Å². The fourth-order valence-corrected chi connectivity index (χ4v) is 2.11. The van der Waals surface area contributed by atoms with E-state index in [9.17, 15) is 5.11 Å². The topological polar surface area (TPSA) is 50.1 Å². The molecule has 0 amide bonds. The van der Waals surface area contributed by atoms with Crippen LogP contribution in [-0.4, -0.2) is 33.1 Å². The van der Waals surface area contributed by atoms with Gasteiger partial charge in [0.05, 0.1) is 24.4 Å². The Hall–Kier alpha value is -0.870. The van der Waals surface area contributed by atoms with Gasteiger partial charge in [-0.2, -0.15) is 5.10 Å². The Balaban J connectivity index is 2.91. The molecule has 0 aromatic carbocycles. The zero-order valence-corrected chi connectivity index (χ0v) is 11.8. The maximum atomic E-state index is 9.56. The highest BCUT2D eigenvalue weighted by molar-refractivity contribution is 5.22. The minimum Gasteiger partial charge on any atom is -0.394 e. The van der Waals surface area contributed by atoms with Gasteiger partial charge in [-0.3, -0.25) is 4.68 Å². The van der Waals surface area contributed by atoms with Crippen molar-refractivity contribution in [1.82, 2.24) is 15.1 Å². The Morgan fingerprint density at radius 2 is 1.94 bits per heavy atom. The lowest BCUT2D eigenvalue weighted by Crippen LogP contribution is -2.52. The van der Waals surface area contributed by atoms with Gasteiger partial charge in [-0.05, 0) is 33.3 Å². The van der Waals surface area contributed by atoms with Crippen LogP contribution in [-0.2, 0) is 6.54 Å². The van der Waals surface area contributed by atoms with E-state index < -0.39 is 0 Å². The van der Waals surface area contributed by atoms with E-state index in [4.69, 9.17) is 0 Å². The molecule has 1 aromatic heterocycles. The molecule has 2 N–H and O–H groups in total. The van der Waals surface area contributed by atoms with Crippen LogP contribution in [0.2, 0.25) is 0 Å². The van der Waals surface area contributed by atoms with Gasteiger partial charge in [-0.15, -0.1) is 0 Å². The molecule has 4 nitrogen and oxygen atoms in total. The average Bonchev–Trinajstić information content (AvgIpc) is 2.45. The molecule has 0 aliphatic heterocycles. The van der Waals surface area contributed by atoms with E-state index >= 15 is 0 Å². The predicted octanol–water partition coefficient (Wildman–Crippen LogP) is 1.56. The highest BCUT2D eigenvalue weighted by Crippen LogP contribution is 2.15. The highest BCUT2D eigenvalue weighted by atomic mass is 16.3. The van der Waals surface area contributed by atoms with Gasteiger partial charge in [0.2, 0.25) is 0 Å². The van der Waals surface area contributed by atoms with Crippen LogP contribution in [0.1, 0.15) is 37.7 Å². The molecule has 0 saturated heterocycles. The Morgan fingerprint density at radius 3 is 2.29 bits per heavy atom. The second-order valence-electron chi connectivity index (χ2n) is 5.47. The SMILES string of the molecule is Cc1nn(CC(C)(CO)NC(C)C)c(C)c1C. The number of aliphatic hydroxyl groups is 1. The standard InChI is InChI=1S/C13H25N3O/c1-9(2)14-13(6,8-17)7-16-12(5)10(3)11(4)15-16/h9,14,17H,7-8H2,1-6H3. The third-order valence-corrected chi connectivity index (χ3v) is 3.23. The molecule has 98 valence electrons. The van der Waals surface area contributed by atoms with Crippen molar-refractivity contribution in [3.8, 4) is 0 Å². The van der Waals surface area contributed by atoms with Crippen molar-refractivity contribution in [3.63, 3.8) is 0 Å². The van der Waals surface area contributed by atoms with Gasteiger partial charge in [-0.25, -0.2) is 0 Å². The first-order valence-electron chi connectivity index (χ1n) is 6.18. The number of hydrogen-bond acceptors (Lipinski definition) is 3. The normalized spacial score (nSPS) is 15.3. The van der Waals surface area contributed by atoms with Crippen molar-refractivity contribution in [1.29, 1.82) is 0 Å². The Bertz CT molecular complexity index is 384. The summed E-state index contributed by atoms with van der Waals surface area (Å²) in [4.78, 5) is 0. The van der Waals surface area contributed by atoms with Gasteiger partial charge >= 0.3 is 0 Å². The molecule has 1 aromatic rings. The first-order chi connectivity index (χ1) is 7.79. The van der Waals surface area contributed by atoms with Crippen LogP contribution in [0.15, 0.2) is 0 Å². The number of aromatic nitrogens is 2. The van der Waals surface area contributed by atoms with Crippen molar-refractivity contribution in [2.75, 3.05) is 6.61 Å². The van der Waals surface area contributed by atoms with Crippen molar-refractivity contribution < 1.29 is 5.11 Å². The zero-order valence-electron chi connectivity index (χ0n) is 11.8. The fraction of sp³-hybridized carbons (Fsp3) is 0.769. The molecule has 1 unspecified atom stereocenters. The summed E-state index contributed by atoms with van der Waals surface area (Å²) in [7, 11) is 0. The van der Waals surface area contributed by atoms with E-state index in [0.29, 0.717) is 12.6 Å². The van der Waals surface area contributed by atoms with Gasteiger partial charge < -0.3 is 10.4 Å². The first-order valence-corrected chi connectivity index (χ1v) is 6.18. The van der Waals surface area contributed by atoms with Crippen molar-refractivity contribution in [2.24, 2.45) is 0 Å². The lowest BCUT2D eigenvalue weighted by molar-refractivity contribution is 0.144. The number of aryl methyl sites for hydroxylation is 1. The highest BCUT2D eigenvalue weighted by Gasteiger charge is 2.26. The summed E-state index contributed by atoms with van der Waals surface area (Å²) in [5.41, 5.74) is 3.14. The minimum absolute atomic E-state index is 0.0998. The fourth-order valence-electron chi connectivity index (χ4n) is 2.11. The van der Waals surface area contributed by atoms with E-state index in [1.165, 1.54) is 11.3 Å². The molecule has 4 heteroatoms.